The van der Waals surface area contributed by atoms with E-state index in [1.165, 1.54) is 11.3 Å². The molecule has 1 aromatic carbocycles. The van der Waals surface area contributed by atoms with Gasteiger partial charge in [0.1, 0.15) is 10.8 Å². The molecule has 0 saturated heterocycles. The van der Waals surface area contributed by atoms with Crippen LogP contribution in [0.15, 0.2) is 24.3 Å². The van der Waals surface area contributed by atoms with Crippen molar-refractivity contribution < 1.29 is 9.53 Å². The third kappa shape index (κ3) is 3.90. The molecule has 0 bridgehead atoms. The third-order valence-corrected chi connectivity index (χ3v) is 3.22. The molecule has 2 rings (SSSR count). The van der Waals surface area contributed by atoms with Crippen molar-refractivity contribution in [1.29, 1.82) is 0 Å². The van der Waals surface area contributed by atoms with E-state index in [9.17, 15) is 4.79 Å². The molecule has 1 amide bonds. The average Bonchev–Trinajstić information content (AvgIpc) is 2.74. The molecular weight excluding hydrogens is 286 g/mol. The van der Waals surface area contributed by atoms with Gasteiger partial charge >= 0.3 is 0 Å². The quantitative estimate of drug-likeness (QED) is 0.942. The predicted octanol–water partition coefficient (Wildman–Crippen LogP) is 2.91. The molecule has 1 atom stereocenters. The zero-order valence-corrected chi connectivity index (χ0v) is 12.0. The fraction of sp³-hybridized carbons (Fsp3) is 0.250. The Morgan fingerprint density at radius 3 is 2.89 bits per heavy atom. The van der Waals surface area contributed by atoms with Crippen LogP contribution in [0, 0.1) is 6.92 Å². The summed E-state index contributed by atoms with van der Waals surface area (Å²) in [6.07, 6.45) is -0.650. The van der Waals surface area contributed by atoms with Gasteiger partial charge in [-0.2, -0.15) is 0 Å². The van der Waals surface area contributed by atoms with Crippen LogP contribution < -0.4 is 10.1 Å². The van der Waals surface area contributed by atoms with Crippen molar-refractivity contribution >= 4 is 34.0 Å². The molecule has 100 valence electrons. The van der Waals surface area contributed by atoms with Gasteiger partial charge in [-0.05, 0) is 32.0 Å². The summed E-state index contributed by atoms with van der Waals surface area (Å²) in [5.41, 5.74) is 0. The van der Waals surface area contributed by atoms with Crippen molar-refractivity contribution in [2.45, 2.75) is 20.0 Å². The molecule has 2 aromatic rings. The monoisotopic (exact) mass is 297 g/mol. The second-order valence-corrected chi connectivity index (χ2v) is 5.45. The van der Waals surface area contributed by atoms with E-state index in [1.807, 2.05) is 6.92 Å². The van der Waals surface area contributed by atoms with Crippen LogP contribution in [0.25, 0.3) is 0 Å². The third-order valence-electron chi connectivity index (χ3n) is 2.23. The van der Waals surface area contributed by atoms with E-state index in [4.69, 9.17) is 16.3 Å². The Balaban J connectivity index is 1.96. The zero-order valence-electron chi connectivity index (χ0n) is 10.4. The number of nitrogens with one attached hydrogen (secondary N) is 1. The second-order valence-electron chi connectivity index (χ2n) is 3.83. The molecule has 0 aliphatic heterocycles. The lowest BCUT2D eigenvalue weighted by Crippen LogP contribution is -2.30. The number of hydrogen-bond donors (Lipinski definition) is 1. The fourth-order valence-electron chi connectivity index (χ4n) is 1.35. The number of ether oxygens (including phenoxy) is 1. The van der Waals surface area contributed by atoms with Crippen LogP contribution in [0.5, 0.6) is 5.75 Å². The Morgan fingerprint density at radius 1 is 1.47 bits per heavy atom. The van der Waals surface area contributed by atoms with Crippen LogP contribution in [-0.4, -0.2) is 22.2 Å². The van der Waals surface area contributed by atoms with Crippen LogP contribution >= 0.6 is 22.9 Å². The molecule has 0 saturated carbocycles. The molecule has 0 spiro atoms. The van der Waals surface area contributed by atoms with E-state index in [1.54, 1.807) is 31.2 Å². The first kappa shape index (κ1) is 13.8. The minimum atomic E-state index is -0.650. The molecule has 1 aromatic heterocycles. The van der Waals surface area contributed by atoms with E-state index in [0.29, 0.717) is 15.9 Å². The van der Waals surface area contributed by atoms with Gasteiger partial charge in [-0.25, -0.2) is 0 Å². The van der Waals surface area contributed by atoms with Crippen molar-refractivity contribution in [3.8, 4) is 5.75 Å². The van der Waals surface area contributed by atoms with Gasteiger partial charge in [0.05, 0.1) is 0 Å². The number of nitrogens with zero attached hydrogens (tertiary/aromatic N) is 2. The van der Waals surface area contributed by atoms with Crippen LogP contribution in [0.1, 0.15) is 11.9 Å². The van der Waals surface area contributed by atoms with E-state index in [2.05, 4.69) is 15.5 Å². The average molecular weight is 298 g/mol. The van der Waals surface area contributed by atoms with Gasteiger partial charge in [-0.3, -0.25) is 10.1 Å². The SMILES string of the molecule is Cc1nnc(NC(=O)C(C)Oc2cccc(Cl)c2)s1. The van der Waals surface area contributed by atoms with Crippen molar-refractivity contribution in [3.63, 3.8) is 0 Å². The van der Waals surface area contributed by atoms with Crippen molar-refractivity contribution in [2.24, 2.45) is 0 Å². The minimum absolute atomic E-state index is 0.281. The van der Waals surface area contributed by atoms with E-state index in [-0.39, 0.29) is 5.91 Å². The number of aryl methyl sites for hydroxylation is 1. The van der Waals surface area contributed by atoms with Crippen molar-refractivity contribution in [3.05, 3.63) is 34.3 Å². The highest BCUT2D eigenvalue weighted by Gasteiger charge is 2.16. The highest BCUT2D eigenvalue weighted by atomic mass is 35.5. The molecule has 1 heterocycles. The highest BCUT2D eigenvalue weighted by molar-refractivity contribution is 7.15. The molecule has 0 fully saturated rings. The first-order valence-corrected chi connectivity index (χ1v) is 6.77. The fourth-order valence-corrected chi connectivity index (χ4v) is 2.13. The first-order chi connectivity index (χ1) is 9.04. The van der Waals surface area contributed by atoms with Crippen LogP contribution in [-0.2, 0) is 4.79 Å². The number of anilines is 1. The predicted molar refractivity (Wildman–Crippen MR) is 74.8 cm³/mol. The van der Waals surface area contributed by atoms with Gasteiger partial charge < -0.3 is 4.74 Å². The molecule has 5 nitrogen and oxygen atoms in total. The summed E-state index contributed by atoms with van der Waals surface area (Å²) in [6, 6.07) is 6.89. The maximum absolute atomic E-state index is 11.9. The van der Waals surface area contributed by atoms with Gasteiger partial charge in [0, 0.05) is 5.02 Å². The van der Waals surface area contributed by atoms with Gasteiger partial charge in [-0.1, -0.05) is 29.0 Å². The van der Waals surface area contributed by atoms with Crippen molar-refractivity contribution in [1.82, 2.24) is 10.2 Å². The molecule has 19 heavy (non-hydrogen) atoms. The maximum Gasteiger partial charge on any atom is 0.266 e. The summed E-state index contributed by atoms with van der Waals surface area (Å²) in [7, 11) is 0. The standard InChI is InChI=1S/C12H12ClN3O2S/c1-7(18-10-5-3-4-9(13)6-10)11(17)14-12-16-15-8(2)19-12/h3-7H,1-2H3,(H,14,16,17). The highest BCUT2D eigenvalue weighted by Crippen LogP contribution is 2.19. The first-order valence-electron chi connectivity index (χ1n) is 5.58. The lowest BCUT2D eigenvalue weighted by molar-refractivity contribution is -0.122. The van der Waals surface area contributed by atoms with E-state index < -0.39 is 6.10 Å². The van der Waals surface area contributed by atoms with Crippen molar-refractivity contribution in [2.75, 3.05) is 5.32 Å². The van der Waals surface area contributed by atoms with Crippen LogP contribution in [0.3, 0.4) is 0 Å². The number of halogens is 1. The summed E-state index contributed by atoms with van der Waals surface area (Å²) >= 11 is 7.15. The Labute approximate surface area is 119 Å². The lowest BCUT2D eigenvalue weighted by Gasteiger charge is -2.13. The Bertz CT molecular complexity index is 588. The summed E-state index contributed by atoms with van der Waals surface area (Å²) in [6.45, 7) is 3.48. The minimum Gasteiger partial charge on any atom is -0.481 e. The topological polar surface area (TPSA) is 64.1 Å². The van der Waals surface area contributed by atoms with Crippen LogP contribution in [0.2, 0.25) is 5.02 Å². The molecule has 7 heteroatoms. The Kier molecular flexibility index (Phi) is 4.34. The van der Waals surface area contributed by atoms with Gasteiger partial charge in [0.25, 0.3) is 5.91 Å². The molecule has 1 unspecified atom stereocenters. The smallest absolute Gasteiger partial charge is 0.266 e. The summed E-state index contributed by atoms with van der Waals surface area (Å²) < 4.78 is 5.50. The lowest BCUT2D eigenvalue weighted by atomic mass is 10.3. The molecule has 0 aliphatic carbocycles. The molecule has 0 aliphatic rings. The zero-order chi connectivity index (χ0) is 13.8. The number of carbonyl (C=O) groups is 1. The normalized spacial score (nSPS) is 11.9. The number of rotatable bonds is 4. The number of hydrogen-bond acceptors (Lipinski definition) is 5. The number of benzene rings is 1. The maximum atomic E-state index is 11.9. The number of carbonyl (C=O) groups excluding carboxylic acids is 1. The summed E-state index contributed by atoms with van der Waals surface area (Å²) in [4.78, 5) is 11.9. The van der Waals surface area contributed by atoms with Gasteiger partial charge in [0.15, 0.2) is 6.10 Å². The molecule has 1 N–H and O–H groups in total. The largest absolute Gasteiger partial charge is 0.481 e. The molecular formula is C12H12ClN3O2S. The van der Waals surface area contributed by atoms with Gasteiger partial charge in [-0.15, -0.1) is 10.2 Å². The second kappa shape index (κ2) is 5.99. The van der Waals surface area contributed by atoms with E-state index >= 15 is 0 Å². The molecule has 0 radical (unpaired) electrons. The Morgan fingerprint density at radius 2 is 2.26 bits per heavy atom. The van der Waals surface area contributed by atoms with Crippen LogP contribution in [0.4, 0.5) is 5.13 Å². The van der Waals surface area contributed by atoms with E-state index in [0.717, 1.165) is 5.01 Å². The van der Waals surface area contributed by atoms with Gasteiger partial charge in [0.2, 0.25) is 5.13 Å². The summed E-state index contributed by atoms with van der Waals surface area (Å²) in [5.74, 6) is 0.264. The number of amides is 1. The summed E-state index contributed by atoms with van der Waals surface area (Å²) in [5, 5.41) is 12.1. The number of aromatic nitrogens is 2. The Hall–Kier alpha value is -1.66.